The number of hydrogen-bond acceptors (Lipinski definition) is 3. The van der Waals surface area contributed by atoms with E-state index >= 15 is 0 Å². The smallest absolute Gasteiger partial charge is 0.230 e. The molecule has 0 aliphatic carbocycles. The van der Waals surface area contributed by atoms with Crippen molar-refractivity contribution in [3.05, 3.63) is 52.4 Å². The summed E-state index contributed by atoms with van der Waals surface area (Å²) in [7, 11) is 0. The molecule has 1 aromatic heterocycles. The molecule has 0 aliphatic heterocycles. The second kappa shape index (κ2) is 6.82. The summed E-state index contributed by atoms with van der Waals surface area (Å²) in [6.45, 7) is 2.47. The zero-order valence-corrected chi connectivity index (χ0v) is 12.9. The molecule has 1 N–H and O–H groups in total. The van der Waals surface area contributed by atoms with Crippen molar-refractivity contribution in [2.24, 2.45) is 0 Å². The average molecular weight is 340 g/mol. The van der Waals surface area contributed by atoms with Crippen LogP contribution in [0, 0.1) is 6.92 Å². The Hall–Kier alpha value is -1.20. The van der Waals surface area contributed by atoms with Gasteiger partial charge < -0.3 is 9.73 Å². The second-order valence-electron chi connectivity index (χ2n) is 4.05. The fourth-order valence-electron chi connectivity index (χ4n) is 1.57. The predicted molar refractivity (Wildman–Crippen MR) is 80.2 cm³/mol. The van der Waals surface area contributed by atoms with Gasteiger partial charge in [0.05, 0.1) is 18.6 Å². The number of nitrogens with one attached hydrogen (secondary N) is 1. The van der Waals surface area contributed by atoms with E-state index in [4.69, 9.17) is 4.42 Å². The van der Waals surface area contributed by atoms with Crippen molar-refractivity contribution in [1.82, 2.24) is 5.32 Å². The van der Waals surface area contributed by atoms with E-state index in [1.54, 1.807) is 12.3 Å². The Kier molecular flexibility index (Phi) is 5.10. The van der Waals surface area contributed by atoms with Crippen molar-refractivity contribution in [3.8, 4) is 0 Å². The van der Waals surface area contributed by atoms with Gasteiger partial charge in [0.25, 0.3) is 0 Å². The van der Waals surface area contributed by atoms with Gasteiger partial charge >= 0.3 is 0 Å². The normalized spacial score (nSPS) is 10.4. The third-order valence-corrected chi connectivity index (χ3v) is 4.20. The number of carbonyl (C=O) groups is 1. The quantitative estimate of drug-likeness (QED) is 0.843. The lowest BCUT2D eigenvalue weighted by molar-refractivity contribution is -0.118. The van der Waals surface area contributed by atoms with Crippen LogP contribution >= 0.6 is 27.7 Å². The Morgan fingerprint density at radius 3 is 2.95 bits per heavy atom. The molecule has 1 heterocycles. The molecule has 0 aliphatic rings. The van der Waals surface area contributed by atoms with Crippen molar-refractivity contribution in [2.45, 2.75) is 18.4 Å². The molecular formula is C14H14BrNO2S. The Bertz CT molecular complexity index is 555. The Balaban J connectivity index is 1.80. The van der Waals surface area contributed by atoms with Crippen LogP contribution in [0.3, 0.4) is 0 Å². The van der Waals surface area contributed by atoms with Crippen LogP contribution in [0.5, 0.6) is 0 Å². The number of aryl methyl sites for hydroxylation is 1. The molecule has 1 aromatic carbocycles. The molecular weight excluding hydrogens is 326 g/mol. The lowest BCUT2D eigenvalue weighted by atomic mass is 10.2. The van der Waals surface area contributed by atoms with Crippen molar-refractivity contribution >= 4 is 33.6 Å². The van der Waals surface area contributed by atoms with Crippen molar-refractivity contribution in [3.63, 3.8) is 0 Å². The van der Waals surface area contributed by atoms with Crippen LogP contribution in [0.2, 0.25) is 0 Å². The van der Waals surface area contributed by atoms with Crippen LogP contribution in [0.4, 0.5) is 0 Å². The average Bonchev–Trinajstić information content (AvgIpc) is 2.88. The predicted octanol–water partition coefficient (Wildman–Crippen LogP) is 3.76. The number of amides is 1. The summed E-state index contributed by atoms with van der Waals surface area (Å²) in [6, 6.07) is 9.69. The molecule has 0 atom stereocenters. The highest BCUT2D eigenvalue weighted by Crippen LogP contribution is 2.25. The number of benzene rings is 1. The number of carbonyl (C=O) groups excluding carboxylic acids is 1. The first-order valence-electron chi connectivity index (χ1n) is 5.83. The van der Waals surface area contributed by atoms with Crippen LogP contribution < -0.4 is 5.32 Å². The molecule has 0 saturated carbocycles. The van der Waals surface area contributed by atoms with Gasteiger partial charge in [-0.3, -0.25) is 4.79 Å². The molecule has 0 spiro atoms. The summed E-state index contributed by atoms with van der Waals surface area (Å²) in [5.41, 5.74) is 1.17. The van der Waals surface area contributed by atoms with E-state index < -0.39 is 0 Å². The van der Waals surface area contributed by atoms with Crippen molar-refractivity contribution in [2.75, 3.05) is 5.75 Å². The topological polar surface area (TPSA) is 42.2 Å². The van der Waals surface area contributed by atoms with Gasteiger partial charge in [-0.2, -0.15) is 0 Å². The number of halogens is 1. The summed E-state index contributed by atoms with van der Waals surface area (Å²) in [4.78, 5) is 12.8. The highest BCUT2D eigenvalue weighted by atomic mass is 79.9. The lowest BCUT2D eigenvalue weighted by Gasteiger charge is -2.06. The van der Waals surface area contributed by atoms with E-state index in [1.807, 2.05) is 31.2 Å². The van der Waals surface area contributed by atoms with E-state index in [2.05, 4.69) is 21.2 Å². The largest absolute Gasteiger partial charge is 0.467 e. The summed E-state index contributed by atoms with van der Waals surface area (Å²) in [6.07, 6.45) is 1.60. The molecule has 0 unspecified atom stereocenters. The van der Waals surface area contributed by atoms with Gasteiger partial charge in [-0.15, -0.1) is 11.8 Å². The first-order chi connectivity index (χ1) is 9.15. The van der Waals surface area contributed by atoms with E-state index in [9.17, 15) is 4.79 Å². The van der Waals surface area contributed by atoms with Crippen molar-refractivity contribution < 1.29 is 9.21 Å². The summed E-state index contributed by atoms with van der Waals surface area (Å²) >= 11 is 4.96. The fraction of sp³-hybridized carbons (Fsp3) is 0.214. The third kappa shape index (κ3) is 4.44. The maximum Gasteiger partial charge on any atom is 0.230 e. The third-order valence-electron chi connectivity index (χ3n) is 2.54. The maximum absolute atomic E-state index is 11.7. The number of thioether (sulfide) groups is 1. The van der Waals surface area contributed by atoms with Gasteiger partial charge in [0.2, 0.25) is 5.91 Å². The van der Waals surface area contributed by atoms with Gasteiger partial charge in [-0.25, -0.2) is 0 Å². The second-order valence-corrected chi connectivity index (χ2v) is 5.99. The van der Waals surface area contributed by atoms with Crippen molar-refractivity contribution in [1.29, 1.82) is 0 Å². The zero-order chi connectivity index (χ0) is 13.7. The van der Waals surface area contributed by atoms with E-state index in [0.717, 1.165) is 15.1 Å². The van der Waals surface area contributed by atoms with E-state index in [1.165, 1.54) is 17.3 Å². The van der Waals surface area contributed by atoms with Crippen LogP contribution in [-0.4, -0.2) is 11.7 Å². The molecule has 0 saturated heterocycles. The molecule has 2 aromatic rings. The van der Waals surface area contributed by atoms with Gasteiger partial charge in [0, 0.05) is 9.37 Å². The molecule has 0 fully saturated rings. The van der Waals surface area contributed by atoms with Gasteiger partial charge in [0.1, 0.15) is 5.76 Å². The van der Waals surface area contributed by atoms with Crippen LogP contribution in [0.25, 0.3) is 0 Å². The minimum atomic E-state index is 0.00344. The minimum absolute atomic E-state index is 0.00344. The zero-order valence-electron chi connectivity index (χ0n) is 10.5. The summed E-state index contributed by atoms with van der Waals surface area (Å²) in [5.74, 6) is 1.17. The van der Waals surface area contributed by atoms with Gasteiger partial charge in [-0.1, -0.05) is 15.9 Å². The molecule has 1 amide bonds. The number of hydrogen-bond donors (Lipinski definition) is 1. The molecule has 19 heavy (non-hydrogen) atoms. The van der Waals surface area contributed by atoms with E-state index in [-0.39, 0.29) is 5.91 Å². The highest BCUT2D eigenvalue weighted by Gasteiger charge is 2.06. The Morgan fingerprint density at radius 1 is 1.42 bits per heavy atom. The molecule has 100 valence electrons. The lowest BCUT2D eigenvalue weighted by Crippen LogP contribution is -2.24. The molecule has 5 heteroatoms. The van der Waals surface area contributed by atoms with Gasteiger partial charge in [0.15, 0.2) is 0 Å². The molecule has 3 nitrogen and oxygen atoms in total. The first-order valence-corrected chi connectivity index (χ1v) is 7.61. The van der Waals surface area contributed by atoms with Crippen LogP contribution in [0.1, 0.15) is 11.3 Å². The number of furan rings is 1. The fourth-order valence-corrected chi connectivity index (χ4v) is 2.88. The minimum Gasteiger partial charge on any atom is -0.467 e. The molecule has 0 bridgehead atoms. The number of rotatable bonds is 5. The maximum atomic E-state index is 11.7. The van der Waals surface area contributed by atoms with Gasteiger partial charge in [-0.05, 0) is 42.8 Å². The van der Waals surface area contributed by atoms with E-state index in [0.29, 0.717) is 12.3 Å². The molecule has 0 radical (unpaired) electrons. The summed E-state index contributed by atoms with van der Waals surface area (Å²) < 4.78 is 6.20. The first kappa shape index (κ1) is 14.2. The monoisotopic (exact) mass is 339 g/mol. The highest BCUT2D eigenvalue weighted by molar-refractivity contribution is 9.10. The summed E-state index contributed by atoms with van der Waals surface area (Å²) in [5, 5.41) is 2.82. The Labute approximate surface area is 124 Å². The standard InChI is InChI=1S/C14H14BrNO2S/c1-10-7-11(15)4-5-13(10)19-9-14(17)16-8-12-3-2-6-18-12/h2-7H,8-9H2,1H3,(H,16,17). The van der Waals surface area contributed by atoms with Crippen LogP contribution in [0.15, 0.2) is 50.4 Å². The van der Waals surface area contributed by atoms with Crippen LogP contribution in [-0.2, 0) is 11.3 Å². The molecule has 2 rings (SSSR count). The SMILES string of the molecule is Cc1cc(Br)ccc1SCC(=O)NCc1ccco1. The Morgan fingerprint density at radius 2 is 2.26 bits per heavy atom.